The zero-order valence-corrected chi connectivity index (χ0v) is 18.0. The number of nitrogens with one attached hydrogen (secondary N) is 1. The molecule has 0 saturated carbocycles. The lowest BCUT2D eigenvalue weighted by Gasteiger charge is -2.44. The van der Waals surface area contributed by atoms with E-state index in [1.807, 2.05) is 84.3 Å². The molecule has 162 valence electrons. The molecule has 0 spiro atoms. The molecule has 32 heavy (non-hydrogen) atoms. The first-order chi connectivity index (χ1) is 15.6. The third-order valence-electron chi connectivity index (χ3n) is 6.28. The number of carbonyl (C=O) groups excluding carboxylic acids is 2. The van der Waals surface area contributed by atoms with Crippen molar-refractivity contribution in [3.63, 3.8) is 0 Å². The molecular weight excluding hydrogens is 402 g/mol. The molecule has 0 bridgehead atoms. The van der Waals surface area contributed by atoms with Crippen LogP contribution in [-0.4, -0.2) is 33.4 Å². The minimum Gasteiger partial charge on any atom is -0.469 e. The molecule has 0 saturated heterocycles. The van der Waals surface area contributed by atoms with Crippen LogP contribution >= 0.6 is 0 Å². The Balaban J connectivity index is 1.49. The highest BCUT2D eigenvalue weighted by Gasteiger charge is 2.47. The van der Waals surface area contributed by atoms with Crippen LogP contribution in [0.1, 0.15) is 28.7 Å². The summed E-state index contributed by atoms with van der Waals surface area (Å²) in [5.41, 5.74) is 1.55. The van der Waals surface area contributed by atoms with E-state index in [1.54, 1.807) is 11.2 Å². The number of nitrogens with zero attached hydrogens (tertiary/aromatic N) is 2. The van der Waals surface area contributed by atoms with Crippen LogP contribution in [0, 0.1) is 0 Å². The van der Waals surface area contributed by atoms with Gasteiger partial charge in [0.2, 0.25) is 5.91 Å². The third-order valence-corrected chi connectivity index (χ3v) is 6.28. The van der Waals surface area contributed by atoms with Crippen LogP contribution < -0.4 is 5.32 Å². The van der Waals surface area contributed by atoms with E-state index >= 15 is 0 Å². The van der Waals surface area contributed by atoms with Gasteiger partial charge < -0.3 is 19.2 Å². The molecule has 4 aromatic rings. The predicted octanol–water partition coefficient (Wildman–Crippen LogP) is 4.01. The van der Waals surface area contributed by atoms with Crippen molar-refractivity contribution in [2.24, 2.45) is 0 Å². The predicted molar refractivity (Wildman–Crippen MR) is 122 cm³/mol. The van der Waals surface area contributed by atoms with Crippen molar-refractivity contribution in [2.75, 3.05) is 6.54 Å². The molecule has 0 fully saturated rings. The van der Waals surface area contributed by atoms with Crippen LogP contribution in [0.5, 0.6) is 0 Å². The Morgan fingerprint density at radius 2 is 1.84 bits per heavy atom. The van der Waals surface area contributed by atoms with Crippen LogP contribution in [0.15, 0.2) is 83.5 Å². The van der Waals surface area contributed by atoms with Gasteiger partial charge in [-0.15, -0.1) is 0 Å². The van der Waals surface area contributed by atoms with Gasteiger partial charge in [0, 0.05) is 30.4 Å². The Bertz CT molecular complexity index is 1260. The van der Waals surface area contributed by atoms with E-state index in [4.69, 9.17) is 4.42 Å². The normalized spacial score (nSPS) is 18.0. The standard InChI is InChI=1S/C26H25N3O3/c1-26(25(31)27-17-19-8-3-2-4-9-19)18-28-22-12-6-5-10-20(22)16-23(28)24(30)29(26)14-13-21-11-7-15-32-21/h2-12,15-16H,13-14,17-18H2,1H3,(H,27,31)/t26-/m1/s1. The monoisotopic (exact) mass is 427 g/mol. The molecule has 0 aliphatic carbocycles. The van der Waals surface area contributed by atoms with Crippen LogP contribution in [-0.2, 0) is 24.3 Å². The van der Waals surface area contributed by atoms with Gasteiger partial charge in [0.05, 0.1) is 12.8 Å². The Labute approximate surface area is 186 Å². The van der Waals surface area contributed by atoms with Crippen molar-refractivity contribution in [1.82, 2.24) is 14.8 Å². The van der Waals surface area contributed by atoms with Crippen LogP contribution in [0.25, 0.3) is 10.9 Å². The molecule has 2 aromatic carbocycles. The molecule has 2 aromatic heterocycles. The lowest BCUT2D eigenvalue weighted by atomic mass is 9.94. The van der Waals surface area contributed by atoms with Gasteiger partial charge in [-0.3, -0.25) is 9.59 Å². The van der Waals surface area contributed by atoms with Crippen molar-refractivity contribution in [3.05, 3.63) is 96.1 Å². The maximum Gasteiger partial charge on any atom is 0.271 e. The fourth-order valence-corrected chi connectivity index (χ4v) is 4.50. The molecule has 6 nitrogen and oxygen atoms in total. The number of carbonyl (C=O) groups is 2. The average Bonchev–Trinajstić information content (AvgIpc) is 3.46. The molecule has 0 radical (unpaired) electrons. The van der Waals surface area contributed by atoms with Gasteiger partial charge in [-0.05, 0) is 36.8 Å². The van der Waals surface area contributed by atoms with Crippen LogP contribution in [0.4, 0.5) is 0 Å². The van der Waals surface area contributed by atoms with Gasteiger partial charge in [0.25, 0.3) is 5.91 Å². The van der Waals surface area contributed by atoms with E-state index in [0.717, 1.165) is 22.2 Å². The number of para-hydroxylation sites is 1. The number of hydrogen-bond donors (Lipinski definition) is 1. The smallest absolute Gasteiger partial charge is 0.271 e. The molecule has 2 amide bonds. The summed E-state index contributed by atoms with van der Waals surface area (Å²) < 4.78 is 7.44. The Morgan fingerprint density at radius 1 is 1.06 bits per heavy atom. The summed E-state index contributed by atoms with van der Waals surface area (Å²) in [7, 11) is 0. The van der Waals surface area contributed by atoms with Crippen molar-refractivity contribution in [3.8, 4) is 0 Å². The average molecular weight is 428 g/mol. The van der Waals surface area contributed by atoms with E-state index in [9.17, 15) is 9.59 Å². The summed E-state index contributed by atoms with van der Waals surface area (Å²) in [6.45, 7) is 3.04. The van der Waals surface area contributed by atoms with E-state index in [0.29, 0.717) is 31.7 Å². The lowest BCUT2D eigenvalue weighted by Crippen LogP contribution is -2.64. The molecule has 6 heteroatoms. The van der Waals surface area contributed by atoms with Gasteiger partial charge in [-0.1, -0.05) is 48.5 Å². The van der Waals surface area contributed by atoms with Gasteiger partial charge in [0.1, 0.15) is 17.0 Å². The van der Waals surface area contributed by atoms with Crippen LogP contribution in [0.2, 0.25) is 0 Å². The summed E-state index contributed by atoms with van der Waals surface area (Å²) >= 11 is 0. The minimum atomic E-state index is -1.03. The molecule has 5 rings (SSSR count). The van der Waals surface area contributed by atoms with Crippen molar-refractivity contribution >= 4 is 22.7 Å². The quantitative estimate of drug-likeness (QED) is 0.506. The zero-order chi connectivity index (χ0) is 22.1. The van der Waals surface area contributed by atoms with Crippen LogP contribution in [0.3, 0.4) is 0 Å². The van der Waals surface area contributed by atoms with Crippen molar-refractivity contribution in [2.45, 2.75) is 32.0 Å². The topological polar surface area (TPSA) is 67.5 Å². The molecule has 1 aliphatic rings. The van der Waals surface area contributed by atoms with E-state index in [1.165, 1.54) is 0 Å². The largest absolute Gasteiger partial charge is 0.469 e. The number of benzene rings is 2. The maximum atomic E-state index is 13.6. The second-order valence-corrected chi connectivity index (χ2v) is 8.40. The highest BCUT2D eigenvalue weighted by molar-refractivity contribution is 6.03. The molecular formula is C26H25N3O3. The first kappa shape index (κ1) is 20.1. The summed E-state index contributed by atoms with van der Waals surface area (Å²) in [5.74, 6) is 0.477. The second-order valence-electron chi connectivity index (χ2n) is 8.40. The zero-order valence-electron chi connectivity index (χ0n) is 18.0. The molecule has 1 aliphatic heterocycles. The number of fused-ring (bicyclic) bond motifs is 3. The highest BCUT2D eigenvalue weighted by atomic mass is 16.3. The van der Waals surface area contributed by atoms with E-state index in [-0.39, 0.29) is 11.8 Å². The van der Waals surface area contributed by atoms with E-state index < -0.39 is 5.54 Å². The maximum absolute atomic E-state index is 13.6. The highest BCUT2D eigenvalue weighted by Crippen LogP contribution is 2.32. The summed E-state index contributed by atoms with van der Waals surface area (Å²) in [6.07, 6.45) is 2.16. The summed E-state index contributed by atoms with van der Waals surface area (Å²) in [6, 6.07) is 23.3. The summed E-state index contributed by atoms with van der Waals surface area (Å²) in [5, 5.41) is 4.05. The minimum absolute atomic E-state index is 0.142. The van der Waals surface area contributed by atoms with E-state index in [2.05, 4.69) is 5.32 Å². The molecule has 1 N–H and O–H groups in total. The van der Waals surface area contributed by atoms with Gasteiger partial charge in [0.15, 0.2) is 0 Å². The number of amides is 2. The van der Waals surface area contributed by atoms with Crippen molar-refractivity contribution < 1.29 is 14.0 Å². The number of rotatable bonds is 6. The molecule has 3 heterocycles. The Morgan fingerprint density at radius 3 is 2.62 bits per heavy atom. The number of hydrogen-bond acceptors (Lipinski definition) is 3. The van der Waals surface area contributed by atoms with Gasteiger partial charge in [-0.25, -0.2) is 0 Å². The number of furan rings is 1. The first-order valence-corrected chi connectivity index (χ1v) is 10.8. The molecule has 0 unspecified atom stereocenters. The number of aromatic nitrogens is 1. The Kier molecular flexibility index (Phi) is 5.05. The fraction of sp³-hybridized carbons (Fsp3) is 0.231. The van der Waals surface area contributed by atoms with Gasteiger partial charge in [-0.2, -0.15) is 0 Å². The SMILES string of the molecule is C[C@]1(C(=O)NCc2ccccc2)Cn2c(cc3ccccc32)C(=O)N1CCc1ccco1. The third kappa shape index (κ3) is 3.47. The summed E-state index contributed by atoms with van der Waals surface area (Å²) in [4.78, 5) is 28.9. The second kappa shape index (κ2) is 8.04. The fourth-order valence-electron chi connectivity index (χ4n) is 4.50. The first-order valence-electron chi connectivity index (χ1n) is 10.8. The lowest BCUT2D eigenvalue weighted by molar-refractivity contribution is -0.133. The Hall–Kier alpha value is -3.80. The van der Waals surface area contributed by atoms with Crippen molar-refractivity contribution in [1.29, 1.82) is 0 Å². The van der Waals surface area contributed by atoms with Gasteiger partial charge >= 0.3 is 0 Å². The molecule has 1 atom stereocenters.